The summed E-state index contributed by atoms with van der Waals surface area (Å²) in [7, 11) is 0. The van der Waals surface area contributed by atoms with Crippen LogP contribution < -0.4 is 0 Å². The Morgan fingerprint density at radius 3 is 2.17 bits per heavy atom. The predicted molar refractivity (Wildman–Crippen MR) is 83.1 cm³/mol. The molecular weight excluding hydrogens is 300 g/mol. The average molecular weight is 314 g/mol. The summed E-state index contributed by atoms with van der Waals surface area (Å²) in [5.74, 6) is -1.13. The summed E-state index contributed by atoms with van der Waals surface area (Å²) in [6.45, 7) is -0.538. The molecule has 0 amide bonds. The minimum Gasteiger partial charge on any atom is -0.294 e. The average Bonchev–Trinajstić information content (AvgIpc) is 2.54. The molecule has 0 aliphatic rings. The zero-order chi connectivity index (χ0) is 16.8. The molecule has 0 saturated heterocycles. The van der Waals surface area contributed by atoms with Crippen LogP contribution in [0, 0.1) is 20.2 Å². The van der Waals surface area contributed by atoms with Crippen LogP contribution >= 0.6 is 0 Å². The van der Waals surface area contributed by atoms with Crippen molar-refractivity contribution in [2.24, 2.45) is 0 Å². The predicted octanol–water partition coefficient (Wildman–Crippen LogP) is 3.23. The minimum atomic E-state index is -0.848. The molecule has 0 aliphatic carbocycles. The molecule has 7 heteroatoms. The number of carbonyl (C=O) groups excluding carboxylic acids is 1. The van der Waals surface area contributed by atoms with Crippen LogP contribution in [-0.2, 0) is 0 Å². The van der Waals surface area contributed by atoms with Crippen LogP contribution in [0.15, 0.2) is 54.6 Å². The summed E-state index contributed by atoms with van der Waals surface area (Å²) >= 11 is 0. The van der Waals surface area contributed by atoms with E-state index in [1.165, 1.54) is 18.2 Å². The molecule has 0 saturated carbocycles. The maximum atomic E-state index is 12.3. The highest BCUT2D eigenvalue weighted by Gasteiger charge is 2.28. The number of nitro groups is 2. The minimum absolute atomic E-state index is 0.157. The highest BCUT2D eigenvalue weighted by Crippen LogP contribution is 2.30. The Bertz CT molecular complexity index is 730. The molecule has 2 aromatic carbocycles. The van der Waals surface area contributed by atoms with E-state index in [1.807, 2.05) is 0 Å². The fraction of sp³-hybridized carbons (Fsp3) is 0.188. The van der Waals surface area contributed by atoms with E-state index in [1.54, 1.807) is 36.4 Å². The van der Waals surface area contributed by atoms with Crippen LogP contribution in [0.4, 0.5) is 5.69 Å². The van der Waals surface area contributed by atoms with Crippen molar-refractivity contribution in [2.75, 3.05) is 6.54 Å². The molecule has 7 nitrogen and oxygen atoms in total. The Kier molecular flexibility index (Phi) is 5.14. The van der Waals surface area contributed by atoms with E-state index < -0.39 is 22.3 Å². The van der Waals surface area contributed by atoms with E-state index in [2.05, 4.69) is 0 Å². The maximum absolute atomic E-state index is 12.3. The Labute approximate surface area is 131 Å². The van der Waals surface area contributed by atoms with Gasteiger partial charge < -0.3 is 0 Å². The quantitative estimate of drug-likeness (QED) is 0.443. The molecular formula is C16H14N2O5. The maximum Gasteiger partial charge on any atom is 0.273 e. The molecule has 2 aromatic rings. The highest BCUT2D eigenvalue weighted by molar-refractivity contribution is 5.96. The summed E-state index contributed by atoms with van der Waals surface area (Å²) < 4.78 is 0. The normalized spacial score (nSPS) is 11.7. The van der Waals surface area contributed by atoms with Gasteiger partial charge in [0.05, 0.1) is 10.8 Å². The Morgan fingerprint density at radius 1 is 0.957 bits per heavy atom. The van der Waals surface area contributed by atoms with Gasteiger partial charge in [0.15, 0.2) is 5.78 Å². The van der Waals surface area contributed by atoms with Crippen LogP contribution in [0.25, 0.3) is 0 Å². The highest BCUT2D eigenvalue weighted by atomic mass is 16.6. The standard InChI is InChI=1S/C16H14N2O5/c19-16(12-6-2-1-3-7-12)10-13(11-17(20)21)14-8-4-5-9-15(14)18(22)23/h1-9,13H,10-11H2/t13-/m0/s1. The Balaban J connectivity index is 2.33. The van der Waals surface area contributed by atoms with E-state index >= 15 is 0 Å². The molecule has 0 unspecified atom stereocenters. The van der Waals surface area contributed by atoms with Gasteiger partial charge in [-0.15, -0.1) is 0 Å². The Hall–Kier alpha value is -3.09. The van der Waals surface area contributed by atoms with Gasteiger partial charge in [-0.1, -0.05) is 48.5 Å². The third-order valence-electron chi connectivity index (χ3n) is 3.47. The Morgan fingerprint density at radius 2 is 1.57 bits per heavy atom. The van der Waals surface area contributed by atoms with Crippen molar-refractivity contribution in [1.82, 2.24) is 0 Å². The van der Waals surface area contributed by atoms with Gasteiger partial charge in [-0.25, -0.2) is 0 Å². The van der Waals surface area contributed by atoms with Gasteiger partial charge in [0.1, 0.15) is 0 Å². The molecule has 118 valence electrons. The number of hydrogen-bond acceptors (Lipinski definition) is 5. The number of carbonyl (C=O) groups is 1. The zero-order valence-corrected chi connectivity index (χ0v) is 12.1. The monoisotopic (exact) mass is 314 g/mol. The summed E-state index contributed by atoms with van der Waals surface area (Å²) in [5.41, 5.74) is 0.429. The van der Waals surface area contributed by atoms with Crippen molar-refractivity contribution in [3.63, 3.8) is 0 Å². The first-order chi connectivity index (χ1) is 11.0. The van der Waals surface area contributed by atoms with Crippen molar-refractivity contribution in [3.8, 4) is 0 Å². The smallest absolute Gasteiger partial charge is 0.273 e. The summed E-state index contributed by atoms with van der Waals surface area (Å²) in [6, 6.07) is 14.2. The van der Waals surface area contributed by atoms with Gasteiger partial charge in [0.25, 0.3) is 5.69 Å². The SMILES string of the molecule is O=C(C[C@@H](C[N+](=O)[O-])c1ccccc1[N+](=O)[O-])c1ccccc1. The van der Waals surface area contributed by atoms with E-state index in [-0.39, 0.29) is 23.5 Å². The molecule has 0 aromatic heterocycles. The first-order valence-corrected chi connectivity index (χ1v) is 6.92. The van der Waals surface area contributed by atoms with Crippen LogP contribution in [-0.4, -0.2) is 22.2 Å². The van der Waals surface area contributed by atoms with E-state index in [0.29, 0.717) is 5.56 Å². The largest absolute Gasteiger partial charge is 0.294 e. The number of ketones is 1. The van der Waals surface area contributed by atoms with Gasteiger partial charge in [-0.2, -0.15) is 0 Å². The second kappa shape index (κ2) is 7.26. The third-order valence-corrected chi connectivity index (χ3v) is 3.47. The first-order valence-electron chi connectivity index (χ1n) is 6.92. The summed E-state index contributed by atoms with van der Waals surface area (Å²) in [6.07, 6.45) is -0.157. The summed E-state index contributed by atoms with van der Waals surface area (Å²) in [5, 5.41) is 22.0. The van der Waals surface area contributed by atoms with Gasteiger partial charge >= 0.3 is 0 Å². The molecule has 0 heterocycles. The molecule has 0 fully saturated rings. The number of nitrogens with zero attached hydrogens (tertiary/aromatic N) is 2. The number of para-hydroxylation sites is 1. The number of hydrogen-bond donors (Lipinski definition) is 0. The molecule has 0 radical (unpaired) electrons. The lowest BCUT2D eigenvalue weighted by Gasteiger charge is -2.13. The number of nitro benzene ring substituents is 1. The fourth-order valence-corrected chi connectivity index (χ4v) is 2.42. The third kappa shape index (κ3) is 4.19. The molecule has 0 spiro atoms. The lowest BCUT2D eigenvalue weighted by atomic mass is 9.90. The summed E-state index contributed by atoms with van der Waals surface area (Å²) in [4.78, 5) is 33.2. The van der Waals surface area contributed by atoms with E-state index in [4.69, 9.17) is 0 Å². The van der Waals surface area contributed by atoms with E-state index in [0.717, 1.165) is 0 Å². The van der Waals surface area contributed by atoms with Crippen LogP contribution in [0.2, 0.25) is 0 Å². The van der Waals surface area contributed by atoms with Gasteiger partial charge in [0.2, 0.25) is 6.54 Å². The molecule has 0 N–H and O–H groups in total. The van der Waals surface area contributed by atoms with Crippen LogP contribution in [0.1, 0.15) is 28.3 Å². The van der Waals surface area contributed by atoms with Crippen molar-refractivity contribution in [3.05, 3.63) is 86.0 Å². The fourth-order valence-electron chi connectivity index (χ4n) is 2.42. The van der Waals surface area contributed by atoms with Crippen molar-refractivity contribution in [1.29, 1.82) is 0 Å². The number of Topliss-reactive ketones (excluding diaryl/α,β-unsaturated/α-hetero) is 1. The van der Waals surface area contributed by atoms with Gasteiger partial charge in [-0.3, -0.25) is 25.0 Å². The molecule has 0 bridgehead atoms. The second-order valence-electron chi connectivity index (χ2n) is 5.02. The lowest BCUT2D eigenvalue weighted by Crippen LogP contribution is -2.17. The molecule has 23 heavy (non-hydrogen) atoms. The second-order valence-corrected chi connectivity index (χ2v) is 5.02. The van der Waals surface area contributed by atoms with Crippen molar-refractivity contribution in [2.45, 2.75) is 12.3 Å². The first kappa shape index (κ1) is 16.3. The van der Waals surface area contributed by atoms with Gasteiger partial charge in [0, 0.05) is 28.5 Å². The number of benzene rings is 2. The topological polar surface area (TPSA) is 103 Å². The van der Waals surface area contributed by atoms with Crippen molar-refractivity contribution < 1.29 is 14.6 Å². The number of rotatable bonds is 7. The zero-order valence-electron chi connectivity index (χ0n) is 12.1. The molecule has 0 aliphatic heterocycles. The van der Waals surface area contributed by atoms with E-state index in [9.17, 15) is 25.0 Å². The van der Waals surface area contributed by atoms with Crippen LogP contribution in [0.5, 0.6) is 0 Å². The molecule has 1 atom stereocenters. The lowest BCUT2D eigenvalue weighted by molar-refractivity contribution is -0.483. The van der Waals surface area contributed by atoms with Crippen LogP contribution in [0.3, 0.4) is 0 Å². The molecule has 2 rings (SSSR count). The van der Waals surface area contributed by atoms with Gasteiger partial charge in [-0.05, 0) is 0 Å². The van der Waals surface area contributed by atoms with Crippen molar-refractivity contribution >= 4 is 11.5 Å².